The first-order chi connectivity index (χ1) is 9.31. The Morgan fingerprint density at radius 3 is 2.63 bits per heavy atom. The van der Waals surface area contributed by atoms with E-state index in [1.165, 1.54) is 68.6 Å². The van der Waals surface area contributed by atoms with Crippen LogP contribution >= 0.6 is 11.3 Å². The number of nitrogens with one attached hydrogen (secondary N) is 1. The molecule has 1 N–H and O–H groups in total. The SMILES string of the molecule is Cc1csc(CC2CCCCCC2CNC2CC2)n1. The Morgan fingerprint density at radius 1 is 1.16 bits per heavy atom. The van der Waals surface area contributed by atoms with E-state index in [0.717, 1.165) is 17.9 Å². The molecular formula is C16H26N2S. The number of thiazole rings is 1. The first kappa shape index (κ1) is 13.6. The van der Waals surface area contributed by atoms with Gasteiger partial charge in [0, 0.05) is 23.5 Å². The van der Waals surface area contributed by atoms with Gasteiger partial charge in [-0.1, -0.05) is 19.3 Å². The van der Waals surface area contributed by atoms with Gasteiger partial charge in [0.05, 0.1) is 5.01 Å². The first-order valence-corrected chi connectivity index (χ1v) is 8.83. The molecule has 106 valence electrons. The van der Waals surface area contributed by atoms with Crippen LogP contribution < -0.4 is 5.32 Å². The fourth-order valence-corrected chi connectivity index (χ4v) is 4.19. The highest BCUT2D eigenvalue weighted by Gasteiger charge is 2.27. The molecule has 0 bridgehead atoms. The molecular weight excluding hydrogens is 252 g/mol. The monoisotopic (exact) mass is 278 g/mol. The normalized spacial score (nSPS) is 28.3. The lowest BCUT2D eigenvalue weighted by Crippen LogP contribution is -2.30. The van der Waals surface area contributed by atoms with Crippen LogP contribution in [0, 0.1) is 18.8 Å². The number of aryl methyl sites for hydroxylation is 1. The summed E-state index contributed by atoms with van der Waals surface area (Å²) in [6, 6.07) is 0.853. The maximum atomic E-state index is 4.68. The average Bonchev–Trinajstić information content (AvgIpc) is 3.16. The minimum absolute atomic E-state index is 0.853. The zero-order valence-electron chi connectivity index (χ0n) is 12.0. The Labute approximate surface area is 121 Å². The van der Waals surface area contributed by atoms with Crippen molar-refractivity contribution in [1.29, 1.82) is 0 Å². The summed E-state index contributed by atoms with van der Waals surface area (Å²) in [6.45, 7) is 3.36. The van der Waals surface area contributed by atoms with Gasteiger partial charge in [-0.15, -0.1) is 11.3 Å². The number of hydrogen-bond acceptors (Lipinski definition) is 3. The van der Waals surface area contributed by atoms with Crippen molar-refractivity contribution in [1.82, 2.24) is 10.3 Å². The van der Waals surface area contributed by atoms with Gasteiger partial charge in [0.2, 0.25) is 0 Å². The highest BCUT2D eigenvalue weighted by molar-refractivity contribution is 7.09. The van der Waals surface area contributed by atoms with Gasteiger partial charge in [0.25, 0.3) is 0 Å². The number of nitrogens with zero attached hydrogens (tertiary/aromatic N) is 1. The largest absolute Gasteiger partial charge is 0.314 e. The molecule has 2 fully saturated rings. The van der Waals surface area contributed by atoms with Crippen molar-refractivity contribution in [3.8, 4) is 0 Å². The third-order valence-electron chi connectivity index (χ3n) is 4.67. The summed E-state index contributed by atoms with van der Waals surface area (Å²) in [6.07, 6.45) is 11.2. The molecule has 2 aliphatic rings. The van der Waals surface area contributed by atoms with Crippen LogP contribution in [0.15, 0.2) is 5.38 Å². The third kappa shape index (κ3) is 4.03. The predicted molar refractivity (Wildman–Crippen MR) is 81.6 cm³/mol. The van der Waals surface area contributed by atoms with Crippen LogP contribution in [0.5, 0.6) is 0 Å². The molecule has 0 radical (unpaired) electrons. The Balaban J connectivity index is 1.59. The Morgan fingerprint density at radius 2 is 1.95 bits per heavy atom. The maximum Gasteiger partial charge on any atom is 0.0930 e. The maximum absolute atomic E-state index is 4.68. The second kappa shape index (κ2) is 6.36. The van der Waals surface area contributed by atoms with Gasteiger partial charge < -0.3 is 5.32 Å². The van der Waals surface area contributed by atoms with E-state index in [9.17, 15) is 0 Å². The van der Waals surface area contributed by atoms with E-state index in [1.54, 1.807) is 0 Å². The van der Waals surface area contributed by atoms with E-state index >= 15 is 0 Å². The number of rotatable bonds is 5. The minimum Gasteiger partial charge on any atom is -0.314 e. The van der Waals surface area contributed by atoms with Crippen molar-refractivity contribution in [3.63, 3.8) is 0 Å². The van der Waals surface area contributed by atoms with Gasteiger partial charge in [-0.2, -0.15) is 0 Å². The van der Waals surface area contributed by atoms with E-state index in [-0.39, 0.29) is 0 Å². The number of hydrogen-bond donors (Lipinski definition) is 1. The van der Waals surface area contributed by atoms with Crippen LogP contribution in [-0.2, 0) is 6.42 Å². The van der Waals surface area contributed by atoms with E-state index in [0.29, 0.717) is 0 Å². The molecule has 0 aromatic carbocycles. The molecule has 0 amide bonds. The summed E-state index contributed by atoms with van der Waals surface area (Å²) < 4.78 is 0. The van der Waals surface area contributed by atoms with Crippen molar-refractivity contribution in [3.05, 3.63) is 16.1 Å². The lowest BCUT2D eigenvalue weighted by Gasteiger charge is -2.25. The van der Waals surface area contributed by atoms with Gasteiger partial charge in [-0.25, -0.2) is 4.98 Å². The van der Waals surface area contributed by atoms with Crippen molar-refractivity contribution < 1.29 is 0 Å². The topological polar surface area (TPSA) is 24.9 Å². The van der Waals surface area contributed by atoms with Crippen LogP contribution in [0.2, 0.25) is 0 Å². The van der Waals surface area contributed by atoms with Gasteiger partial charge >= 0.3 is 0 Å². The highest BCUT2D eigenvalue weighted by Crippen LogP contribution is 2.32. The molecule has 3 heteroatoms. The Bertz CT molecular complexity index is 397. The summed E-state index contributed by atoms with van der Waals surface area (Å²) >= 11 is 1.86. The standard InChI is InChI=1S/C16H26N2S/c1-12-11-19-16(18-12)9-13-5-3-2-4-6-14(13)10-17-15-7-8-15/h11,13-15,17H,2-10H2,1H3. The molecule has 1 aromatic heterocycles. The molecule has 0 saturated heterocycles. The Kier molecular flexibility index (Phi) is 4.54. The minimum atomic E-state index is 0.853. The second-order valence-corrected chi connectivity index (χ2v) is 7.37. The predicted octanol–water partition coefficient (Wildman–Crippen LogP) is 3.94. The smallest absolute Gasteiger partial charge is 0.0930 e. The van der Waals surface area contributed by atoms with Crippen LogP contribution in [0.25, 0.3) is 0 Å². The summed E-state index contributed by atoms with van der Waals surface area (Å²) in [5.41, 5.74) is 1.20. The van der Waals surface area contributed by atoms with Crippen molar-refractivity contribution in [2.45, 2.75) is 64.3 Å². The molecule has 19 heavy (non-hydrogen) atoms. The quantitative estimate of drug-likeness (QED) is 0.825. The zero-order valence-corrected chi connectivity index (χ0v) is 12.8. The summed E-state index contributed by atoms with van der Waals surface area (Å²) in [7, 11) is 0. The van der Waals surface area contributed by atoms with Crippen molar-refractivity contribution in [2.24, 2.45) is 11.8 Å². The number of aromatic nitrogens is 1. The Hall–Kier alpha value is -0.410. The lowest BCUT2D eigenvalue weighted by atomic mass is 9.85. The molecule has 2 aliphatic carbocycles. The first-order valence-electron chi connectivity index (χ1n) is 7.95. The molecule has 2 unspecified atom stereocenters. The average molecular weight is 278 g/mol. The third-order valence-corrected chi connectivity index (χ3v) is 5.65. The zero-order chi connectivity index (χ0) is 13.1. The van der Waals surface area contributed by atoms with Gasteiger partial charge in [0.15, 0.2) is 0 Å². The van der Waals surface area contributed by atoms with E-state index in [1.807, 2.05) is 11.3 Å². The van der Waals surface area contributed by atoms with Crippen LogP contribution in [0.4, 0.5) is 0 Å². The molecule has 1 aromatic rings. The van der Waals surface area contributed by atoms with Crippen LogP contribution in [-0.4, -0.2) is 17.6 Å². The van der Waals surface area contributed by atoms with Crippen LogP contribution in [0.3, 0.4) is 0 Å². The van der Waals surface area contributed by atoms with Gasteiger partial charge in [-0.3, -0.25) is 0 Å². The summed E-state index contributed by atoms with van der Waals surface area (Å²) in [5, 5.41) is 7.32. The summed E-state index contributed by atoms with van der Waals surface area (Å²) in [5.74, 6) is 1.74. The van der Waals surface area contributed by atoms with Gasteiger partial charge in [0.1, 0.15) is 0 Å². The van der Waals surface area contributed by atoms with E-state index < -0.39 is 0 Å². The molecule has 0 aliphatic heterocycles. The molecule has 2 atom stereocenters. The fraction of sp³-hybridized carbons (Fsp3) is 0.812. The van der Waals surface area contributed by atoms with Crippen LogP contribution in [0.1, 0.15) is 55.6 Å². The molecule has 1 heterocycles. The lowest BCUT2D eigenvalue weighted by molar-refractivity contribution is 0.296. The molecule has 2 saturated carbocycles. The van der Waals surface area contributed by atoms with Gasteiger partial charge in [-0.05, 0) is 51.0 Å². The fourth-order valence-electron chi connectivity index (χ4n) is 3.32. The van der Waals surface area contributed by atoms with E-state index in [2.05, 4.69) is 22.6 Å². The molecule has 3 rings (SSSR count). The van der Waals surface area contributed by atoms with E-state index in [4.69, 9.17) is 0 Å². The van der Waals surface area contributed by atoms with Crippen molar-refractivity contribution in [2.75, 3.05) is 6.54 Å². The van der Waals surface area contributed by atoms with Crippen molar-refractivity contribution >= 4 is 11.3 Å². The second-order valence-electron chi connectivity index (χ2n) is 6.43. The molecule has 2 nitrogen and oxygen atoms in total. The summed E-state index contributed by atoms with van der Waals surface area (Å²) in [4.78, 5) is 4.68. The highest BCUT2D eigenvalue weighted by atomic mass is 32.1. The molecule has 0 spiro atoms.